The minimum atomic E-state index is -0.726. The van der Waals surface area contributed by atoms with Crippen LogP contribution in [0.1, 0.15) is 22.8 Å². The minimum absolute atomic E-state index is 0.148. The molecule has 1 N–H and O–H groups in total. The predicted octanol–water partition coefficient (Wildman–Crippen LogP) is 2.71. The van der Waals surface area contributed by atoms with Gasteiger partial charge in [0.15, 0.2) is 0 Å². The van der Waals surface area contributed by atoms with Gasteiger partial charge in [-0.05, 0) is 30.7 Å². The van der Waals surface area contributed by atoms with Gasteiger partial charge in [0.1, 0.15) is 6.04 Å². The van der Waals surface area contributed by atoms with Crippen molar-refractivity contribution < 1.29 is 14.5 Å². The summed E-state index contributed by atoms with van der Waals surface area (Å²) in [7, 11) is 0. The van der Waals surface area contributed by atoms with Crippen molar-refractivity contribution in [2.24, 2.45) is 0 Å². The van der Waals surface area contributed by atoms with E-state index >= 15 is 0 Å². The number of hydrogen-bond acceptors (Lipinski definition) is 5. The number of nitrogens with zero attached hydrogens (tertiary/aromatic N) is 3. The zero-order chi connectivity index (χ0) is 21.7. The first-order valence-electron chi connectivity index (χ1n) is 9.64. The Kier molecular flexibility index (Phi) is 7.02. The van der Waals surface area contributed by atoms with Crippen LogP contribution in [0.5, 0.6) is 0 Å². The van der Waals surface area contributed by atoms with E-state index in [1.54, 1.807) is 11.8 Å². The van der Waals surface area contributed by atoms with Crippen molar-refractivity contribution in [1.29, 1.82) is 0 Å². The summed E-state index contributed by atoms with van der Waals surface area (Å²) in [5, 5.41) is 14.2. The lowest BCUT2D eigenvalue weighted by Gasteiger charge is -2.36. The number of nitro groups is 1. The summed E-state index contributed by atoms with van der Waals surface area (Å²) < 4.78 is 0. The Morgan fingerprint density at radius 2 is 1.83 bits per heavy atom. The Morgan fingerprint density at radius 1 is 1.13 bits per heavy atom. The third-order valence-corrected chi connectivity index (χ3v) is 5.25. The number of amides is 2. The highest BCUT2D eigenvalue weighted by Gasteiger charge is 2.26. The second kappa shape index (κ2) is 9.69. The van der Waals surface area contributed by atoms with Crippen LogP contribution in [-0.4, -0.2) is 58.8 Å². The summed E-state index contributed by atoms with van der Waals surface area (Å²) in [6.45, 7) is 4.97. The standard InChI is InChI=1S/C21H23ClN4O4/c1-15(23-20(27)17-5-3-7-19(13-17)26(29)30)21(28)25-10-8-24(9-11-25)14-16-4-2-6-18(22)12-16/h2-7,12-13,15H,8-11,14H2,1H3,(H,23,27)/t15-/m0/s1. The van der Waals surface area contributed by atoms with Crippen molar-refractivity contribution in [3.8, 4) is 0 Å². The number of non-ortho nitro benzene ring substituents is 1. The zero-order valence-corrected chi connectivity index (χ0v) is 17.3. The van der Waals surface area contributed by atoms with Crippen molar-refractivity contribution in [2.45, 2.75) is 19.5 Å². The molecule has 0 unspecified atom stereocenters. The van der Waals surface area contributed by atoms with E-state index in [1.807, 2.05) is 24.3 Å². The fraction of sp³-hybridized carbons (Fsp3) is 0.333. The fourth-order valence-corrected chi connectivity index (χ4v) is 3.61. The van der Waals surface area contributed by atoms with Gasteiger partial charge in [-0.15, -0.1) is 0 Å². The van der Waals surface area contributed by atoms with Gasteiger partial charge in [0.2, 0.25) is 5.91 Å². The number of carbonyl (C=O) groups is 2. The van der Waals surface area contributed by atoms with Gasteiger partial charge in [0.05, 0.1) is 4.92 Å². The smallest absolute Gasteiger partial charge is 0.270 e. The van der Waals surface area contributed by atoms with E-state index in [-0.39, 0.29) is 17.2 Å². The third kappa shape index (κ3) is 5.55. The van der Waals surface area contributed by atoms with Crippen LogP contribution in [0.25, 0.3) is 0 Å². The summed E-state index contributed by atoms with van der Waals surface area (Å²) in [5.74, 6) is -0.685. The maximum Gasteiger partial charge on any atom is 0.270 e. The molecule has 2 aromatic rings. The molecular weight excluding hydrogens is 408 g/mol. The number of halogens is 1. The van der Waals surface area contributed by atoms with Crippen molar-refractivity contribution in [3.63, 3.8) is 0 Å². The summed E-state index contributed by atoms with van der Waals surface area (Å²) >= 11 is 6.03. The molecule has 0 aliphatic carbocycles. The number of nitro benzene ring substituents is 1. The highest BCUT2D eigenvalue weighted by Crippen LogP contribution is 2.15. The van der Waals surface area contributed by atoms with E-state index in [2.05, 4.69) is 10.2 Å². The molecule has 2 aromatic carbocycles. The van der Waals surface area contributed by atoms with E-state index in [4.69, 9.17) is 11.6 Å². The Hall–Kier alpha value is -2.97. The Bertz CT molecular complexity index is 944. The van der Waals surface area contributed by atoms with Crippen LogP contribution in [0.15, 0.2) is 48.5 Å². The molecule has 8 nitrogen and oxygen atoms in total. The molecule has 3 rings (SSSR count). The zero-order valence-electron chi connectivity index (χ0n) is 16.6. The number of hydrogen-bond donors (Lipinski definition) is 1. The summed E-state index contributed by atoms with van der Waals surface area (Å²) in [4.78, 5) is 39.4. The highest BCUT2D eigenvalue weighted by molar-refractivity contribution is 6.30. The third-order valence-electron chi connectivity index (χ3n) is 5.02. The summed E-state index contributed by atoms with van der Waals surface area (Å²) in [6, 6.07) is 12.4. The molecule has 2 amide bonds. The first-order valence-corrected chi connectivity index (χ1v) is 10.0. The largest absolute Gasteiger partial charge is 0.341 e. The molecule has 0 spiro atoms. The molecule has 0 bridgehead atoms. The first kappa shape index (κ1) is 21.7. The first-order chi connectivity index (χ1) is 14.3. The number of benzene rings is 2. The van der Waals surface area contributed by atoms with Crippen LogP contribution in [-0.2, 0) is 11.3 Å². The van der Waals surface area contributed by atoms with Gasteiger partial charge < -0.3 is 10.2 Å². The fourth-order valence-electron chi connectivity index (χ4n) is 3.40. The summed E-state index contributed by atoms with van der Waals surface area (Å²) in [5.41, 5.74) is 1.10. The van der Waals surface area contributed by atoms with Gasteiger partial charge in [-0.1, -0.05) is 29.8 Å². The van der Waals surface area contributed by atoms with Gasteiger partial charge in [-0.25, -0.2) is 0 Å². The molecule has 1 atom stereocenters. The van der Waals surface area contributed by atoms with Crippen LogP contribution < -0.4 is 5.32 Å². The summed E-state index contributed by atoms with van der Waals surface area (Å²) in [6.07, 6.45) is 0. The monoisotopic (exact) mass is 430 g/mol. The number of carbonyl (C=O) groups excluding carboxylic acids is 2. The van der Waals surface area contributed by atoms with E-state index in [1.165, 1.54) is 24.3 Å². The average Bonchev–Trinajstić information content (AvgIpc) is 2.74. The van der Waals surface area contributed by atoms with Crippen molar-refractivity contribution in [1.82, 2.24) is 15.1 Å². The molecule has 0 saturated carbocycles. The lowest BCUT2D eigenvalue weighted by atomic mass is 10.1. The number of nitrogens with one attached hydrogen (secondary N) is 1. The van der Waals surface area contributed by atoms with Crippen LogP contribution >= 0.6 is 11.6 Å². The van der Waals surface area contributed by atoms with Crippen LogP contribution in [0, 0.1) is 10.1 Å². The molecule has 30 heavy (non-hydrogen) atoms. The molecule has 0 aromatic heterocycles. The van der Waals surface area contributed by atoms with E-state index in [0.717, 1.165) is 25.2 Å². The Balaban J connectivity index is 1.51. The van der Waals surface area contributed by atoms with Crippen molar-refractivity contribution >= 4 is 29.1 Å². The lowest BCUT2D eigenvalue weighted by molar-refractivity contribution is -0.384. The maximum atomic E-state index is 12.7. The van der Waals surface area contributed by atoms with Gasteiger partial charge in [-0.2, -0.15) is 0 Å². The van der Waals surface area contributed by atoms with Gasteiger partial charge in [0.25, 0.3) is 11.6 Å². The quantitative estimate of drug-likeness (QED) is 0.561. The molecule has 1 saturated heterocycles. The second-order valence-electron chi connectivity index (χ2n) is 7.23. The lowest BCUT2D eigenvalue weighted by Crippen LogP contribution is -2.53. The van der Waals surface area contributed by atoms with Crippen molar-refractivity contribution in [3.05, 3.63) is 74.8 Å². The average molecular weight is 431 g/mol. The molecule has 1 fully saturated rings. The van der Waals surface area contributed by atoms with E-state index < -0.39 is 16.9 Å². The molecule has 1 aliphatic rings. The molecule has 158 valence electrons. The topological polar surface area (TPSA) is 95.8 Å². The number of rotatable bonds is 6. The van der Waals surface area contributed by atoms with E-state index in [9.17, 15) is 19.7 Å². The molecule has 0 radical (unpaired) electrons. The Labute approximate surface area is 179 Å². The second-order valence-corrected chi connectivity index (χ2v) is 7.67. The molecular formula is C21H23ClN4O4. The SMILES string of the molecule is C[C@H](NC(=O)c1cccc([N+](=O)[O-])c1)C(=O)N1CCN(Cc2cccc(Cl)c2)CC1. The van der Waals surface area contributed by atoms with E-state index in [0.29, 0.717) is 18.1 Å². The van der Waals surface area contributed by atoms with Crippen LogP contribution in [0.4, 0.5) is 5.69 Å². The predicted molar refractivity (Wildman–Crippen MR) is 113 cm³/mol. The minimum Gasteiger partial charge on any atom is -0.341 e. The number of piperazine rings is 1. The van der Waals surface area contributed by atoms with Crippen LogP contribution in [0.3, 0.4) is 0 Å². The molecule has 1 heterocycles. The highest BCUT2D eigenvalue weighted by atomic mass is 35.5. The Morgan fingerprint density at radius 3 is 2.50 bits per heavy atom. The maximum absolute atomic E-state index is 12.7. The van der Waals surface area contributed by atoms with Gasteiger partial charge >= 0.3 is 0 Å². The molecule has 1 aliphatic heterocycles. The van der Waals surface area contributed by atoms with Gasteiger partial charge in [-0.3, -0.25) is 24.6 Å². The molecule has 9 heteroatoms. The van der Waals surface area contributed by atoms with Crippen LogP contribution in [0.2, 0.25) is 5.02 Å². The van der Waals surface area contributed by atoms with Crippen molar-refractivity contribution in [2.75, 3.05) is 26.2 Å². The normalized spacial score (nSPS) is 15.5. The van der Waals surface area contributed by atoms with Gasteiger partial charge in [0, 0.05) is 55.4 Å².